The minimum absolute atomic E-state index is 0.0163. The van der Waals surface area contributed by atoms with Crippen LogP contribution in [0.3, 0.4) is 0 Å². The Bertz CT molecular complexity index is 1060. The molecule has 184 valence electrons. The number of aliphatic carboxylic acids is 1. The maximum absolute atomic E-state index is 12.5. The molecule has 0 aliphatic carbocycles. The molecule has 1 fully saturated rings. The van der Waals surface area contributed by atoms with E-state index in [1.54, 1.807) is 0 Å². The highest BCUT2D eigenvalue weighted by molar-refractivity contribution is 7.17. The smallest absolute Gasteiger partial charge is 0.300 e. The lowest BCUT2D eigenvalue weighted by atomic mass is 9.94. The molecule has 0 spiro atoms. The van der Waals surface area contributed by atoms with E-state index in [2.05, 4.69) is 45.7 Å². The van der Waals surface area contributed by atoms with Crippen LogP contribution < -0.4 is 25.2 Å². The van der Waals surface area contributed by atoms with Gasteiger partial charge in [0, 0.05) is 43.7 Å². The van der Waals surface area contributed by atoms with E-state index in [-0.39, 0.29) is 11.4 Å². The average molecular weight is 488 g/mol. The topological polar surface area (TPSA) is 107 Å². The van der Waals surface area contributed by atoms with Gasteiger partial charge in [-0.1, -0.05) is 11.3 Å². The van der Waals surface area contributed by atoms with Crippen LogP contribution in [0.25, 0.3) is 0 Å². The third-order valence-electron chi connectivity index (χ3n) is 6.25. The molecule has 0 unspecified atom stereocenters. The van der Waals surface area contributed by atoms with Crippen LogP contribution in [0.15, 0.2) is 18.2 Å². The van der Waals surface area contributed by atoms with E-state index in [0.29, 0.717) is 12.6 Å². The number of ether oxygens (including phenoxy) is 1. The summed E-state index contributed by atoms with van der Waals surface area (Å²) in [6.45, 7) is 8.64. The van der Waals surface area contributed by atoms with E-state index < -0.39 is 5.97 Å². The normalized spacial score (nSPS) is 19.1. The summed E-state index contributed by atoms with van der Waals surface area (Å²) in [4.78, 5) is 31.7. The fraction of sp³-hybridized carbons (Fsp3) is 0.542. The lowest BCUT2D eigenvalue weighted by molar-refractivity contribution is -0.134. The predicted molar refractivity (Wildman–Crippen MR) is 134 cm³/mol. The molecule has 0 saturated carbocycles. The summed E-state index contributed by atoms with van der Waals surface area (Å²) in [6, 6.07) is 7.00. The number of carboxylic acid groups (broad SMARTS) is 1. The summed E-state index contributed by atoms with van der Waals surface area (Å²) in [7, 11) is 2.17. The lowest BCUT2D eigenvalue weighted by Gasteiger charge is -2.35. The van der Waals surface area contributed by atoms with Crippen LogP contribution in [0, 0.1) is 0 Å². The van der Waals surface area contributed by atoms with Gasteiger partial charge in [-0.2, -0.15) is 0 Å². The number of nitrogens with one attached hydrogen (secondary N) is 2. The summed E-state index contributed by atoms with van der Waals surface area (Å²) in [5.74, 6) is 0.0370. The molecule has 0 radical (unpaired) electrons. The fourth-order valence-corrected chi connectivity index (χ4v) is 5.63. The number of benzene rings is 1. The van der Waals surface area contributed by atoms with E-state index in [9.17, 15) is 4.79 Å². The third-order valence-corrected chi connectivity index (χ3v) is 7.37. The number of fused-ring (bicyclic) bond motifs is 2. The Morgan fingerprint density at radius 1 is 1.32 bits per heavy atom. The van der Waals surface area contributed by atoms with Crippen molar-refractivity contribution in [1.29, 1.82) is 0 Å². The number of hydrogen-bond acceptors (Lipinski definition) is 8. The molecule has 4 heterocycles. The average Bonchev–Trinajstić information content (AvgIpc) is 3.21. The highest BCUT2D eigenvalue weighted by Crippen LogP contribution is 2.42. The van der Waals surface area contributed by atoms with Gasteiger partial charge < -0.3 is 30.3 Å². The fourth-order valence-electron chi connectivity index (χ4n) is 4.61. The van der Waals surface area contributed by atoms with Crippen molar-refractivity contribution >= 4 is 39.7 Å². The zero-order chi connectivity index (χ0) is 24.5. The summed E-state index contributed by atoms with van der Waals surface area (Å²) in [6.07, 6.45) is 3.06. The first-order valence-electron chi connectivity index (χ1n) is 11.6. The monoisotopic (exact) mass is 487 g/mol. The number of carboxylic acids is 1. The highest BCUT2D eigenvalue weighted by Gasteiger charge is 2.35. The molecule has 3 aliphatic heterocycles. The van der Waals surface area contributed by atoms with Crippen LogP contribution >= 0.6 is 11.3 Å². The van der Waals surface area contributed by atoms with E-state index in [1.807, 2.05) is 13.8 Å². The quantitative estimate of drug-likeness (QED) is 0.607. The van der Waals surface area contributed by atoms with Crippen molar-refractivity contribution in [3.63, 3.8) is 0 Å². The molecule has 0 bridgehead atoms. The zero-order valence-electron chi connectivity index (χ0n) is 20.2. The van der Waals surface area contributed by atoms with Crippen LogP contribution in [-0.4, -0.2) is 66.8 Å². The number of rotatable bonds is 3. The van der Waals surface area contributed by atoms with E-state index in [4.69, 9.17) is 19.6 Å². The molecular formula is C24H33N5O4S. The summed E-state index contributed by atoms with van der Waals surface area (Å²) in [5.41, 5.74) is 2.85. The molecule has 0 atom stereocenters. The molecule has 10 heteroatoms. The molecule has 1 aromatic heterocycles. The van der Waals surface area contributed by atoms with E-state index in [0.717, 1.165) is 73.0 Å². The van der Waals surface area contributed by atoms with Crippen molar-refractivity contribution in [2.45, 2.75) is 51.6 Å². The van der Waals surface area contributed by atoms with Crippen LogP contribution in [0.5, 0.6) is 5.75 Å². The Morgan fingerprint density at radius 3 is 2.74 bits per heavy atom. The Morgan fingerprint density at radius 2 is 2.03 bits per heavy atom. The van der Waals surface area contributed by atoms with Crippen molar-refractivity contribution in [3.05, 3.63) is 28.8 Å². The number of carbonyl (C=O) groups excluding carboxylic acids is 1. The second-order valence-electron chi connectivity index (χ2n) is 9.55. The second kappa shape index (κ2) is 9.79. The maximum Gasteiger partial charge on any atom is 0.300 e. The van der Waals surface area contributed by atoms with Gasteiger partial charge in [-0.3, -0.25) is 9.59 Å². The Hall–Kier alpha value is -2.85. The number of thiazole rings is 1. The van der Waals surface area contributed by atoms with Crippen molar-refractivity contribution in [2.24, 2.45) is 0 Å². The highest BCUT2D eigenvalue weighted by atomic mass is 32.1. The molecule has 1 aromatic carbocycles. The van der Waals surface area contributed by atoms with Gasteiger partial charge in [0.15, 0.2) is 5.13 Å². The summed E-state index contributed by atoms with van der Waals surface area (Å²) < 4.78 is 6.03. The first kappa shape index (κ1) is 24.3. The SMILES string of the molecule is CC(=O)O.CN(c1ccc2c(c1)OCCN2c1nc2c(s1)C(=O)NC(C)(C)C2)C1CCNCC1. The number of hydrogen-bond donors (Lipinski definition) is 3. The van der Waals surface area contributed by atoms with Crippen molar-refractivity contribution in [3.8, 4) is 5.75 Å². The molecular weight excluding hydrogens is 454 g/mol. The van der Waals surface area contributed by atoms with Gasteiger partial charge in [-0.05, 0) is 51.9 Å². The lowest BCUT2D eigenvalue weighted by Crippen LogP contribution is -2.48. The van der Waals surface area contributed by atoms with Crippen molar-refractivity contribution in [1.82, 2.24) is 15.6 Å². The first-order chi connectivity index (χ1) is 16.1. The predicted octanol–water partition coefficient (Wildman–Crippen LogP) is 3.02. The molecule has 3 aliphatic rings. The van der Waals surface area contributed by atoms with E-state index in [1.165, 1.54) is 17.0 Å². The number of nitrogens with zero attached hydrogens (tertiary/aromatic N) is 3. The van der Waals surface area contributed by atoms with Gasteiger partial charge in [-0.15, -0.1) is 0 Å². The number of piperidine rings is 1. The second-order valence-corrected chi connectivity index (χ2v) is 10.5. The zero-order valence-corrected chi connectivity index (χ0v) is 21.0. The van der Waals surface area contributed by atoms with Gasteiger partial charge in [0.2, 0.25) is 0 Å². The maximum atomic E-state index is 12.5. The van der Waals surface area contributed by atoms with Crippen LogP contribution in [-0.2, 0) is 11.2 Å². The summed E-state index contributed by atoms with van der Waals surface area (Å²) >= 11 is 1.48. The molecule has 1 amide bonds. The summed E-state index contributed by atoms with van der Waals surface area (Å²) in [5, 5.41) is 14.8. The standard InChI is InChI=1S/C22H29N5O2S.C2H4O2/c1-22(2)13-16-19(20(28)25-22)30-21(24-16)27-10-11-29-18-12-15(4-5-17(18)27)26(3)14-6-8-23-9-7-14;1-2(3)4/h4-5,12,14,23H,6-11,13H2,1-3H3,(H,25,28);1H3,(H,3,4). The number of amides is 1. The first-order valence-corrected chi connectivity index (χ1v) is 12.5. The van der Waals surface area contributed by atoms with Gasteiger partial charge >= 0.3 is 0 Å². The number of carbonyl (C=O) groups is 2. The van der Waals surface area contributed by atoms with Gasteiger partial charge in [0.1, 0.15) is 17.2 Å². The van der Waals surface area contributed by atoms with Crippen LogP contribution in [0.1, 0.15) is 49.0 Å². The Balaban J connectivity index is 0.000000636. The van der Waals surface area contributed by atoms with Crippen LogP contribution in [0.4, 0.5) is 16.5 Å². The number of anilines is 3. The van der Waals surface area contributed by atoms with Crippen LogP contribution in [0.2, 0.25) is 0 Å². The molecule has 5 rings (SSSR count). The Kier molecular flexibility index (Phi) is 6.99. The van der Waals surface area contributed by atoms with Gasteiger partial charge in [-0.25, -0.2) is 4.98 Å². The van der Waals surface area contributed by atoms with Crippen molar-refractivity contribution in [2.75, 3.05) is 43.1 Å². The molecule has 34 heavy (non-hydrogen) atoms. The van der Waals surface area contributed by atoms with Crippen molar-refractivity contribution < 1.29 is 19.4 Å². The minimum atomic E-state index is -0.833. The third kappa shape index (κ3) is 5.28. The van der Waals surface area contributed by atoms with Gasteiger partial charge in [0.25, 0.3) is 11.9 Å². The molecule has 2 aromatic rings. The van der Waals surface area contributed by atoms with Gasteiger partial charge in [0.05, 0.1) is 17.9 Å². The molecule has 1 saturated heterocycles. The Labute approximate surface area is 204 Å². The minimum Gasteiger partial charge on any atom is -0.489 e. The van der Waals surface area contributed by atoms with E-state index >= 15 is 0 Å². The molecule has 9 nitrogen and oxygen atoms in total. The number of aromatic nitrogens is 1. The molecule has 3 N–H and O–H groups in total. The largest absolute Gasteiger partial charge is 0.489 e.